The standard InChI is InChI=1S/C12H18N4O/c1-12(17,9-16(2)3)8-15-10-5-4-6-14-11(10)7-13/h4-6,15,17H,8-9H2,1-3H3. The maximum Gasteiger partial charge on any atom is 0.163 e. The van der Waals surface area contributed by atoms with Gasteiger partial charge in [0.25, 0.3) is 0 Å². The first kappa shape index (κ1) is 13.4. The Labute approximate surface area is 102 Å². The fourth-order valence-corrected chi connectivity index (χ4v) is 1.66. The molecule has 1 rings (SSSR count). The van der Waals surface area contributed by atoms with E-state index >= 15 is 0 Å². The predicted molar refractivity (Wildman–Crippen MR) is 66.6 cm³/mol. The minimum Gasteiger partial charge on any atom is -0.387 e. The molecule has 1 aromatic rings. The van der Waals surface area contributed by atoms with Gasteiger partial charge in [0.2, 0.25) is 0 Å². The maximum absolute atomic E-state index is 10.1. The maximum atomic E-state index is 10.1. The van der Waals surface area contributed by atoms with Crippen molar-refractivity contribution in [2.75, 3.05) is 32.5 Å². The second kappa shape index (κ2) is 5.62. The molecule has 92 valence electrons. The van der Waals surface area contributed by atoms with Crippen molar-refractivity contribution in [1.29, 1.82) is 5.26 Å². The highest BCUT2D eigenvalue weighted by Crippen LogP contribution is 2.13. The summed E-state index contributed by atoms with van der Waals surface area (Å²) in [7, 11) is 3.80. The van der Waals surface area contributed by atoms with Crippen LogP contribution in [0.3, 0.4) is 0 Å². The fraction of sp³-hybridized carbons (Fsp3) is 0.500. The lowest BCUT2D eigenvalue weighted by atomic mass is 10.1. The lowest BCUT2D eigenvalue weighted by molar-refractivity contribution is 0.0460. The van der Waals surface area contributed by atoms with Crippen molar-refractivity contribution in [1.82, 2.24) is 9.88 Å². The highest BCUT2D eigenvalue weighted by atomic mass is 16.3. The molecule has 0 aliphatic rings. The van der Waals surface area contributed by atoms with E-state index in [9.17, 15) is 5.11 Å². The van der Waals surface area contributed by atoms with Gasteiger partial charge >= 0.3 is 0 Å². The van der Waals surface area contributed by atoms with Crippen LogP contribution in [0.2, 0.25) is 0 Å². The van der Waals surface area contributed by atoms with Crippen LogP contribution in [-0.4, -0.2) is 47.8 Å². The molecule has 5 nitrogen and oxygen atoms in total. The third-order valence-electron chi connectivity index (χ3n) is 2.23. The molecule has 1 unspecified atom stereocenters. The summed E-state index contributed by atoms with van der Waals surface area (Å²) in [5.41, 5.74) is 0.133. The number of likely N-dealkylation sites (N-methyl/N-ethyl adjacent to an activating group) is 1. The Morgan fingerprint density at radius 2 is 2.29 bits per heavy atom. The molecule has 0 aliphatic carbocycles. The number of aromatic nitrogens is 1. The van der Waals surface area contributed by atoms with Crippen molar-refractivity contribution < 1.29 is 5.11 Å². The van der Waals surface area contributed by atoms with Crippen LogP contribution in [0.4, 0.5) is 5.69 Å². The minimum absolute atomic E-state index is 0.341. The molecule has 0 amide bonds. The first-order chi connectivity index (χ1) is 7.94. The van der Waals surface area contributed by atoms with Gasteiger partial charge in [0.15, 0.2) is 5.69 Å². The van der Waals surface area contributed by atoms with Crippen LogP contribution in [0, 0.1) is 11.3 Å². The van der Waals surface area contributed by atoms with Crippen molar-refractivity contribution in [3.05, 3.63) is 24.0 Å². The van der Waals surface area contributed by atoms with Crippen LogP contribution in [0.5, 0.6) is 0 Å². The molecule has 17 heavy (non-hydrogen) atoms. The number of hydrogen-bond acceptors (Lipinski definition) is 5. The van der Waals surface area contributed by atoms with E-state index in [1.165, 1.54) is 0 Å². The van der Waals surface area contributed by atoms with Crippen molar-refractivity contribution in [3.8, 4) is 6.07 Å². The zero-order chi connectivity index (χ0) is 12.9. The van der Waals surface area contributed by atoms with E-state index in [0.29, 0.717) is 24.5 Å². The number of nitrogens with zero attached hydrogens (tertiary/aromatic N) is 3. The lowest BCUT2D eigenvalue weighted by Crippen LogP contribution is -2.43. The van der Waals surface area contributed by atoms with Gasteiger partial charge in [-0.2, -0.15) is 5.26 Å². The zero-order valence-electron chi connectivity index (χ0n) is 10.4. The lowest BCUT2D eigenvalue weighted by Gasteiger charge is -2.27. The first-order valence-electron chi connectivity index (χ1n) is 5.41. The topological polar surface area (TPSA) is 72.2 Å². The van der Waals surface area contributed by atoms with E-state index in [2.05, 4.69) is 10.3 Å². The smallest absolute Gasteiger partial charge is 0.163 e. The van der Waals surface area contributed by atoms with Gasteiger partial charge in [-0.15, -0.1) is 0 Å². The van der Waals surface area contributed by atoms with Crippen LogP contribution in [0.15, 0.2) is 18.3 Å². The van der Waals surface area contributed by atoms with Crippen LogP contribution in [-0.2, 0) is 0 Å². The molecule has 1 heterocycles. The molecule has 0 bridgehead atoms. The monoisotopic (exact) mass is 234 g/mol. The first-order valence-corrected chi connectivity index (χ1v) is 5.41. The van der Waals surface area contributed by atoms with Gasteiger partial charge in [-0.1, -0.05) is 0 Å². The Balaban J connectivity index is 2.64. The van der Waals surface area contributed by atoms with E-state index in [1.54, 1.807) is 25.3 Å². The molecular formula is C12H18N4O. The quantitative estimate of drug-likeness (QED) is 0.783. The molecule has 5 heteroatoms. The molecule has 0 aromatic carbocycles. The summed E-state index contributed by atoms with van der Waals surface area (Å²) >= 11 is 0. The van der Waals surface area contributed by atoms with Crippen LogP contribution in [0.1, 0.15) is 12.6 Å². The number of nitrogens with one attached hydrogen (secondary N) is 1. The van der Waals surface area contributed by atoms with Gasteiger partial charge in [0.05, 0.1) is 11.3 Å². The number of hydrogen-bond donors (Lipinski definition) is 2. The van der Waals surface area contributed by atoms with Crippen molar-refractivity contribution in [2.45, 2.75) is 12.5 Å². The molecule has 1 atom stereocenters. The summed E-state index contributed by atoms with van der Waals surface area (Å²) in [5.74, 6) is 0. The Kier molecular flexibility index (Phi) is 4.44. The van der Waals surface area contributed by atoms with Crippen molar-refractivity contribution >= 4 is 5.69 Å². The van der Waals surface area contributed by atoms with Gasteiger partial charge < -0.3 is 15.3 Å². The van der Waals surface area contributed by atoms with Gasteiger partial charge in [-0.25, -0.2) is 4.98 Å². The summed E-state index contributed by atoms with van der Waals surface area (Å²) < 4.78 is 0. The normalized spacial score (nSPS) is 14.1. The van der Waals surface area contributed by atoms with E-state index in [4.69, 9.17) is 5.26 Å². The summed E-state index contributed by atoms with van der Waals surface area (Å²) in [6, 6.07) is 5.54. The minimum atomic E-state index is -0.855. The average molecular weight is 234 g/mol. The molecule has 0 radical (unpaired) electrons. The fourth-order valence-electron chi connectivity index (χ4n) is 1.66. The molecule has 0 aliphatic heterocycles. The molecule has 0 fully saturated rings. The summed E-state index contributed by atoms with van der Waals surface area (Å²) in [6.07, 6.45) is 1.57. The van der Waals surface area contributed by atoms with E-state index in [0.717, 1.165) is 0 Å². The van der Waals surface area contributed by atoms with Crippen LogP contribution >= 0.6 is 0 Å². The average Bonchev–Trinajstić information content (AvgIpc) is 2.25. The number of anilines is 1. The molecule has 0 spiro atoms. The highest BCUT2D eigenvalue weighted by Gasteiger charge is 2.21. The van der Waals surface area contributed by atoms with Crippen molar-refractivity contribution in [2.24, 2.45) is 0 Å². The van der Waals surface area contributed by atoms with Gasteiger partial charge in [0, 0.05) is 19.3 Å². The summed E-state index contributed by atoms with van der Waals surface area (Å²) in [5, 5.41) is 22.0. The molecule has 2 N–H and O–H groups in total. The van der Waals surface area contributed by atoms with Crippen LogP contribution in [0.25, 0.3) is 0 Å². The highest BCUT2D eigenvalue weighted by molar-refractivity contribution is 5.53. The summed E-state index contributed by atoms with van der Waals surface area (Å²) in [6.45, 7) is 2.66. The summed E-state index contributed by atoms with van der Waals surface area (Å²) in [4.78, 5) is 5.86. The van der Waals surface area contributed by atoms with Gasteiger partial charge in [0.1, 0.15) is 6.07 Å². The Morgan fingerprint density at radius 1 is 1.59 bits per heavy atom. The Bertz CT molecular complexity index is 409. The zero-order valence-corrected chi connectivity index (χ0v) is 10.4. The predicted octanol–water partition coefficient (Wildman–Crippen LogP) is 0.678. The molecular weight excluding hydrogens is 216 g/mol. The van der Waals surface area contributed by atoms with Crippen LogP contribution < -0.4 is 5.32 Å². The van der Waals surface area contributed by atoms with Gasteiger partial charge in [-0.3, -0.25) is 0 Å². The second-order valence-corrected chi connectivity index (χ2v) is 4.60. The SMILES string of the molecule is CN(C)CC(C)(O)CNc1cccnc1C#N. The Morgan fingerprint density at radius 3 is 2.88 bits per heavy atom. The molecule has 0 saturated heterocycles. The van der Waals surface area contributed by atoms with Gasteiger partial charge in [-0.05, 0) is 33.2 Å². The third kappa shape index (κ3) is 4.39. The molecule has 1 aromatic heterocycles. The van der Waals surface area contributed by atoms with E-state index in [1.807, 2.05) is 25.1 Å². The Hall–Kier alpha value is -1.64. The van der Waals surface area contributed by atoms with Crippen molar-refractivity contribution in [3.63, 3.8) is 0 Å². The number of aliphatic hydroxyl groups is 1. The molecule has 0 saturated carbocycles. The number of pyridine rings is 1. The number of rotatable bonds is 5. The number of nitriles is 1. The van der Waals surface area contributed by atoms with E-state index in [-0.39, 0.29) is 0 Å². The largest absolute Gasteiger partial charge is 0.387 e. The second-order valence-electron chi connectivity index (χ2n) is 4.60. The van der Waals surface area contributed by atoms with E-state index < -0.39 is 5.60 Å². The third-order valence-corrected chi connectivity index (χ3v) is 2.23.